The van der Waals surface area contributed by atoms with Gasteiger partial charge in [0, 0.05) is 4.47 Å². The van der Waals surface area contributed by atoms with E-state index < -0.39 is 5.60 Å². The molecular weight excluding hydrogens is 270 g/mol. The molecule has 0 saturated carbocycles. The predicted molar refractivity (Wildman–Crippen MR) is 65.4 cm³/mol. The maximum atomic E-state index is 12.1. The Morgan fingerprint density at radius 3 is 2.62 bits per heavy atom. The highest BCUT2D eigenvalue weighted by molar-refractivity contribution is 9.10. The van der Waals surface area contributed by atoms with Crippen LogP contribution in [0.25, 0.3) is 0 Å². The second-order valence-corrected chi connectivity index (χ2v) is 5.44. The molecule has 1 fully saturated rings. The van der Waals surface area contributed by atoms with Crippen molar-refractivity contribution < 1.29 is 9.90 Å². The number of hydrogen-bond acceptors (Lipinski definition) is 2. The number of amides is 1. The number of rotatable bonds is 1. The van der Waals surface area contributed by atoms with E-state index in [1.165, 1.54) is 0 Å². The fourth-order valence-electron chi connectivity index (χ4n) is 1.98. The first kappa shape index (κ1) is 11.6. The molecule has 1 heterocycles. The van der Waals surface area contributed by atoms with Crippen LogP contribution in [0.5, 0.6) is 0 Å². The quantitative estimate of drug-likeness (QED) is 0.856. The first-order valence-corrected chi connectivity index (χ1v) is 5.97. The highest BCUT2D eigenvalue weighted by Gasteiger charge is 2.40. The van der Waals surface area contributed by atoms with Crippen molar-refractivity contribution in [2.75, 3.05) is 13.1 Å². The van der Waals surface area contributed by atoms with Gasteiger partial charge < -0.3 is 10.0 Å². The van der Waals surface area contributed by atoms with E-state index in [0.29, 0.717) is 18.7 Å². The van der Waals surface area contributed by atoms with Crippen molar-refractivity contribution in [3.8, 4) is 0 Å². The number of likely N-dealkylation sites (tertiary alicyclic amines) is 1. The van der Waals surface area contributed by atoms with Gasteiger partial charge in [-0.05, 0) is 41.4 Å². The molecule has 0 aromatic heterocycles. The number of benzene rings is 1. The summed E-state index contributed by atoms with van der Waals surface area (Å²) in [5, 5.41) is 9.61. The third-order valence-electron chi connectivity index (χ3n) is 2.79. The molecule has 0 radical (unpaired) electrons. The lowest BCUT2D eigenvalue weighted by Crippen LogP contribution is -2.61. The summed E-state index contributed by atoms with van der Waals surface area (Å²) >= 11 is 3.39. The van der Waals surface area contributed by atoms with E-state index in [2.05, 4.69) is 15.9 Å². The van der Waals surface area contributed by atoms with E-state index in [0.717, 1.165) is 10.0 Å². The average molecular weight is 284 g/mol. The summed E-state index contributed by atoms with van der Waals surface area (Å²) in [6.07, 6.45) is 0. The lowest BCUT2D eigenvalue weighted by atomic mass is 9.95. The van der Waals surface area contributed by atoms with Gasteiger partial charge in [0.15, 0.2) is 0 Å². The van der Waals surface area contributed by atoms with Crippen LogP contribution in [0, 0.1) is 6.92 Å². The maximum absolute atomic E-state index is 12.1. The largest absolute Gasteiger partial charge is 0.386 e. The van der Waals surface area contributed by atoms with Gasteiger partial charge in [-0.15, -0.1) is 0 Å². The van der Waals surface area contributed by atoms with Gasteiger partial charge in [0.05, 0.1) is 24.3 Å². The molecule has 0 aliphatic carbocycles. The minimum atomic E-state index is -0.717. The van der Waals surface area contributed by atoms with Crippen LogP contribution in [0.15, 0.2) is 22.7 Å². The van der Waals surface area contributed by atoms with E-state index in [9.17, 15) is 9.90 Å². The van der Waals surface area contributed by atoms with Crippen molar-refractivity contribution >= 4 is 21.8 Å². The normalized spacial score (nSPS) is 18.1. The third kappa shape index (κ3) is 1.99. The second-order valence-electron chi connectivity index (χ2n) is 4.59. The van der Waals surface area contributed by atoms with Crippen LogP contribution >= 0.6 is 15.9 Å². The van der Waals surface area contributed by atoms with Crippen molar-refractivity contribution in [2.45, 2.75) is 19.4 Å². The predicted octanol–water partition coefficient (Wildman–Crippen LogP) is 1.96. The Hall–Kier alpha value is -0.870. The number of carbonyl (C=O) groups excluding carboxylic acids is 1. The van der Waals surface area contributed by atoms with Crippen LogP contribution in [0.4, 0.5) is 0 Å². The standard InChI is InChI=1S/C12H14BrNO2/c1-8-4-3-5-9(13)10(8)11(15)14-6-12(2,16)7-14/h3-5,16H,6-7H2,1-2H3. The molecule has 0 atom stereocenters. The van der Waals surface area contributed by atoms with Crippen LogP contribution in [-0.2, 0) is 0 Å². The number of aliphatic hydroxyl groups is 1. The fourth-order valence-corrected chi connectivity index (χ4v) is 2.62. The lowest BCUT2D eigenvalue weighted by molar-refractivity contribution is -0.0669. The zero-order valence-electron chi connectivity index (χ0n) is 9.33. The number of halogens is 1. The minimum Gasteiger partial charge on any atom is -0.386 e. The Bertz CT molecular complexity index is 414. The van der Waals surface area contributed by atoms with Crippen molar-refractivity contribution in [2.24, 2.45) is 0 Å². The molecule has 2 rings (SSSR count). The lowest BCUT2D eigenvalue weighted by Gasteiger charge is -2.44. The summed E-state index contributed by atoms with van der Waals surface area (Å²) in [4.78, 5) is 13.8. The molecule has 0 bridgehead atoms. The Morgan fingerprint density at radius 1 is 1.50 bits per heavy atom. The first-order chi connectivity index (χ1) is 7.41. The van der Waals surface area contributed by atoms with Crippen molar-refractivity contribution in [3.63, 3.8) is 0 Å². The van der Waals surface area contributed by atoms with Gasteiger partial charge in [-0.25, -0.2) is 0 Å². The van der Waals surface area contributed by atoms with Crippen molar-refractivity contribution in [1.82, 2.24) is 4.90 Å². The second kappa shape index (κ2) is 3.86. The fraction of sp³-hybridized carbons (Fsp3) is 0.417. The van der Waals surface area contributed by atoms with E-state index in [1.54, 1.807) is 11.8 Å². The molecule has 86 valence electrons. The summed E-state index contributed by atoms with van der Waals surface area (Å²) in [7, 11) is 0. The van der Waals surface area contributed by atoms with Crippen LogP contribution in [-0.4, -0.2) is 34.6 Å². The van der Waals surface area contributed by atoms with Gasteiger partial charge in [-0.2, -0.15) is 0 Å². The Morgan fingerprint density at radius 2 is 2.12 bits per heavy atom. The molecule has 4 heteroatoms. The SMILES string of the molecule is Cc1cccc(Br)c1C(=O)N1CC(C)(O)C1. The smallest absolute Gasteiger partial charge is 0.255 e. The van der Waals surface area contributed by atoms with Gasteiger partial charge in [0.25, 0.3) is 5.91 Å². The summed E-state index contributed by atoms with van der Waals surface area (Å²) < 4.78 is 0.809. The number of aryl methyl sites for hydroxylation is 1. The molecule has 1 saturated heterocycles. The van der Waals surface area contributed by atoms with Crippen LogP contribution in [0.3, 0.4) is 0 Å². The molecule has 1 aromatic carbocycles. The topological polar surface area (TPSA) is 40.5 Å². The summed E-state index contributed by atoms with van der Waals surface area (Å²) in [5.41, 5.74) is 0.925. The minimum absolute atomic E-state index is 0.0171. The molecule has 3 nitrogen and oxygen atoms in total. The molecule has 1 aliphatic heterocycles. The molecule has 1 aliphatic rings. The van der Waals surface area contributed by atoms with Gasteiger partial charge >= 0.3 is 0 Å². The van der Waals surface area contributed by atoms with Gasteiger partial charge in [0.1, 0.15) is 0 Å². The van der Waals surface area contributed by atoms with Gasteiger partial charge in [-0.3, -0.25) is 4.79 Å². The molecule has 1 amide bonds. The third-order valence-corrected chi connectivity index (χ3v) is 3.45. The number of β-amino-alcohol motifs (C(OH)–C–C–N with tert-alkyl or cyclic N) is 1. The van der Waals surface area contributed by atoms with Crippen LogP contribution < -0.4 is 0 Å². The molecule has 1 N–H and O–H groups in total. The Kier molecular flexibility index (Phi) is 2.80. The molecular formula is C12H14BrNO2. The molecule has 16 heavy (non-hydrogen) atoms. The van der Waals surface area contributed by atoms with E-state index in [4.69, 9.17) is 0 Å². The van der Waals surface area contributed by atoms with Gasteiger partial charge in [-0.1, -0.05) is 12.1 Å². The van der Waals surface area contributed by atoms with Crippen molar-refractivity contribution in [1.29, 1.82) is 0 Å². The highest BCUT2D eigenvalue weighted by Crippen LogP contribution is 2.27. The number of carbonyl (C=O) groups is 1. The van der Waals surface area contributed by atoms with Crippen molar-refractivity contribution in [3.05, 3.63) is 33.8 Å². The maximum Gasteiger partial charge on any atom is 0.255 e. The zero-order chi connectivity index (χ0) is 11.9. The number of hydrogen-bond donors (Lipinski definition) is 1. The Balaban J connectivity index is 2.23. The Labute approximate surface area is 103 Å². The molecule has 1 aromatic rings. The van der Waals surface area contributed by atoms with Crippen LogP contribution in [0.1, 0.15) is 22.8 Å². The number of nitrogens with zero attached hydrogens (tertiary/aromatic N) is 1. The molecule has 0 spiro atoms. The summed E-state index contributed by atoms with van der Waals surface area (Å²) in [5.74, 6) is -0.0171. The van der Waals surface area contributed by atoms with E-state index in [-0.39, 0.29) is 5.91 Å². The van der Waals surface area contributed by atoms with E-state index in [1.807, 2.05) is 25.1 Å². The van der Waals surface area contributed by atoms with E-state index >= 15 is 0 Å². The summed E-state index contributed by atoms with van der Waals surface area (Å²) in [6, 6.07) is 5.68. The summed E-state index contributed by atoms with van der Waals surface area (Å²) in [6.45, 7) is 4.47. The van der Waals surface area contributed by atoms with Crippen LogP contribution in [0.2, 0.25) is 0 Å². The van der Waals surface area contributed by atoms with Gasteiger partial charge in [0.2, 0.25) is 0 Å². The molecule has 0 unspecified atom stereocenters. The average Bonchev–Trinajstić information content (AvgIpc) is 2.13. The first-order valence-electron chi connectivity index (χ1n) is 5.17. The highest BCUT2D eigenvalue weighted by atomic mass is 79.9. The monoisotopic (exact) mass is 283 g/mol. The zero-order valence-corrected chi connectivity index (χ0v) is 10.9.